The maximum absolute atomic E-state index is 13.4. The molecule has 4 aromatic rings. The van der Waals surface area contributed by atoms with Gasteiger partial charge in [0.15, 0.2) is 0 Å². The molecule has 0 saturated carbocycles. The molecule has 1 N–H and O–H groups in total. The Kier molecular flexibility index (Phi) is 7.40. The van der Waals surface area contributed by atoms with Gasteiger partial charge in [0.25, 0.3) is 5.91 Å². The van der Waals surface area contributed by atoms with E-state index in [1.807, 2.05) is 97.8 Å². The van der Waals surface area contributed by atoms with Crippen molar-refractivity contribution in [2.45, 2.75) is 12.6 Å². The third-order valence-corrected chi connectivity index (χ3v) is 5.82. The lowest BCUT2D eigenvalue weighted by Gasteiger charge is -2.26. The van der Waals surface area contributed by atoms with Crippen LogP contribution in [0, 0.1) is 0 Å². The SMILES string of the molecule is COc1ccccc1[C@@H](CNC(=O)c1cn(Cc2ccccc2)nc1-c1ccccc1)N(C)C. The minimum Gasteiger partial charge on any atom is -0.496 e. The molecule has 0 unspecified atom stereocenters. The third kappa shape index (κ3) is 5.35. The molecule has 6 nitrogen and oxygen atoms in total. The highest BCUT2D eigenvalue weighted by Crippen LogP contribution is 2.28. The van der Waals surface area contributed by atoms with E-state index in [2.05, 4.69) is 22.3 Å². The number of carbonyl (C=O) groups is 1. The molecule has 174 valence electrons. The van der Waals surface area contributed by atoms with Crippen molar-refractivity contribution in [2.75, 3.05) is 27.7 Å². The molecule has 0 aliphatic rings. The molecule has 0 saturated heterocycles. The Morgan fingerprint density at radius 2 is 1.62 bits per heavy atom. The van der Waals surface area contributed by atoms with Gasteiger partial charge in [-0.15, -0.1) is 0 Å². The Bertz CT molecular complexity index is 1220. The van der Waals surface area contributed by atoms with Crippen molar-refractivity contribution in [2.24, 2.45) is 0 Å². The average Bonchev–Trinajstić information content (AvgIpc) is 3.29. The van der Waals surface area contributed by atoms with Crippen LogP contribution in [0.5, 0.6) is 5.75 Å². The lowest BCUT2D eigenvalue weighted by molar-refractivity contribution is 0.0942. The molecule has 0 aliphatic carbocycles. The van der Waals surface area contributed by atoms with E-state index in [-0.39, 0.29) is 11.9 Å². The number of hydrogen-bond acceptors (Lipinski definition) is 4. The minimum atomic E-state index is -0.153. The zero-order chi connectivity index (χ0) is 23.9. The molecule has 0 aliphatic heterocycles. The second-order valence-electron chi connectivity index (χ2n) is 8.37. The molecule has 1 heterocycles. The molecule has 1 atom stereocenters. The first-order valence-corrected chi connectivity index (χ1v) is 11.3. The fourth-order valence-corrected chi connectivity index (χ4v) is 4.05. The van der Waals surface area contributed by atoms with Gasteiger partial charge in [0.2, 0.25) is 0 Å². The molecular weight excluding hydrogens is 424 g/mol. The van der Waals surface area contributed by atoms with Crippen LogP contribution in [0.15, 0.2) is 91.1 Å². The maximum atomic E-state index is 13.4. The summed E-state index contributed by atoms with van der Waals surface area (Å²) < 4.78 is 7.38. The van der Waals surface area contributed by atoms with Gasteiger partial charge in [-0.2, -0.15) is 5.10 Å². The summed E-state index contributed by atoms with van der Waals surface area (Å²) in [4.78, 5) is 15.5. The Morgan fingerprint density at radius 3 is 2.29 bits per heavy atom. The zero-order valence-electron chi connectivity index (χ0n) is 19.8. The van der Waals surface area contributed by atoms with Gasteiger partial charge in [-0.05, 0) is 25.7 Å². The van der Waals surface area contributed by atoms with Crippen LogP contribution in [0.2, 0.25) is 0 Å². The summed E-state index contributed by atoms with van der Waals surface area (Å²) in [7, 11) is 5.66. The number of methoxy groups -OCH3 is 1. The van der Waals surface area contributed by atoms with Crippen LogP contribution in [-0.2, 0) is 6.54 Å². The fraction of sp³-hybridized carbons (Fsp3) is 0.214. The molecular formula is C28H30N4O2. The van der Waals surface area contributed by atoms with Gasteiger partial charge in [-0.25, -0.2) is 0 Å². The van der Waals surface area contributed by atoms with Crippen LogP contribution in [0.1, 0.15) is 27.5 Å². The zero-order valence-corrected chi connectivity index (χ0v) is 19.8. The van der Waals surface area contributed by atoms with Crippen LogP contribution < -0.4 is 10.1 Å². The summed E-state index contributed by atoms with van der Waals surface area (Å²) in [5, 5.41) is 7.90. The number of ether oxygens (including phenoxy) is 1. The number of nitrogens with zero attached hydrogens (tertiary/aromatic N) is 3. The third-order valence-electron chi connectivity index (χ3n) is 5.82. The molecule has 4 rings (SSSR count). The van der Waals surface area contributed by atoms with Crippen molar-refractivity contribution in [1.82, 2.24) is 20.0 Å². The lowest BCUT2D eigenvalue weighted by atomic mass is 10.0. The maximum Gasteiger partial charge on any atom is 0.255 e. The summed E-state index contributed by atoms with van der Waals surface area (Å²) in [5.74, 6) is 0.649. The number of benzene rings is 3. The Balaban J connectivity index is 1.60. The summed E-state index contributed by atoms with van der Waals surface area (Å²) in [6.07, 6.45) is 1.83. The molecule has 6 heteroatoms. The quantitative estimate of drug-likeness (QED) is 0.400. The fourth-order valence-electron chi connectivity index (χ4n) is 4.05. The smallest absolute Gasteiger partial charge is 0.255 e. The van der Waals surface area contributed by atoms with E-state index in [9.17, 15) is 4.79 Å². The second-order valence-corrected chi connectivity index (χ2v) is 8.37. The molecule has 0 fully saturated rings. The number of nitrogens with one attached hydrogen (secondary N) is 1. The van der Waals surface area contributed by atoms with Crippen molar-refractivity contribution in [1.29, 1.82) is 0 Å². The first kappa shape index (κ1) is 23.3. The van der Waals surface area contributed by atoms with Crippen molar-refractivity contribution >= 4 is 5.91 Å². The van der Waals surface area contributed by atoms with Crippen molar-refractivity contribution in [3.05, 3.63) is 108 Å². The van der Waals surface area contributed by atoms with E-state index in [1.54, 1.807) is 7.11 Å². The van der Waals surface area contributed by atoms with Crippen LogP contribution in [0.3, 0.4) is 0 Å². The van der Waals surface area contributed by atoms with Gasteiger partial charge in [0, 0.05) is 23.9 Å². The van der Waals surface area contributed by atoms with E-state index in [0.717, 1.165) is 22.4 Å². The molecule has 3 aromatic carbocycles. The van der Waals surface area contributed by atoms with E-state index >= 15 is 0 Å². The van der Waals surface area contributed by atoms with E-state index in [0.29, 0.717) is 24.3 Å². The largest absolute Gasteiger partial charge is 0.496 e. The molecule has 1 aromatic heterocycles. The summed E-state index contributed by atoms with van der Waals surface area (Å²) >= 11 is 0. The van der Waals surface area contributed by atoms with Gasteiger partial charge in [0.1, 0.15) is 11.4 Å². The van der Waals surface area contributed by atoms with Crippen LogP contribution in [0.4, 0.5) is 0 Å². The van der Waals surface area contributed by atoms with Gasteiger partial charge < -0.3 is 15.0 Å². The number of para-hydroxylation sites is 1. The number of hydrogen-bond donors (Lipinski definition) is 1. The van der Waals surface area contributed by atoms with Gasteiger partial charge in [0.05, 0.1) is 25.3 Å². The molecule has 1 amide bonds. The molecule has 0 bridgehead atoms. The Labute approximate surface area is 200 Å². The lowest BCUT2D eigenvalue weighted by Crippen LogP contribution is -2.34. The first-order valence-electron chi connectivity index (χ1n) is 11.3. The number of aromatic nitrogens is 2. The van der Waals surface area contributed by atoms with Crippen molar-refractivity contribution in [3.63, 3.8) is 0 Å². The number of rotatable bonds is 9. The van der Waals surface area contributed by atoms with Crippen LogP contribution in [-0.4, -0.2) is 48.3 Å². The number of likely N-dealkylation sites (N-methyl/N-ethyl adjacent to an activating group) is 1. The predicted octanol–water partition coefficient (Wildman–Crippen LogP) is 4.64. The number of carbonyl (C=O) groups excluding carboxylic acids is 1. The van der Waals surface area contributed by atoms with E-state index < -0.39 is 0 Å². The first-order chi connectivity index (χ1) is 16.6. The highest BCUT2D eigenvalue weighted by Gasteiger charge is 2.22. The molecule has 0 radical (unpaired) electrons. The minimum absolute atomic E-state index is 0.0420. The average molecular weight is 455 g/mol. The monoisotopic (exact) mass is 454 g/mol. The van der Waals surface area contributed by atoms with E-state index in [1.165, 1.54) is 0 Å². The van der Waals surface area contributed by atoms with Crippen LogP contribution >= 0.6 is 0 Å². The summed E-state index contributed by atoms with van der Waals surface area (Å²) in [5.41, 5.74) is 4.29. The van der Waals surface area contributed by atoms with Gasteiger partial charge >= 0.3 is 0 Å². The molecule has 34 heavy (non-hydrogen) atoms. The highest BCUT2D eigenvalue weighted by atomic mass is 16.5. The molecule has 0 spiro atoms. The van der Waals surface area contributed by atoms with Gasteiger partial charge in [-0.3, -0.25) is 9.48 Å². The second kappa shape index (κ2) is 10.8. The Hall–Kier alpha value is -3.90. The summed E-state index contributed by atoms with van der Waals surface area (Å²) in [6.45, 7) is 1.03. The highest BCUT2D eigenvalue weighted by molar-refractivity contribution is 5.99. The van der Waals surface area contributed by atoms with Crippen molar-refractivity contribution < 1.29 is 9.53 Å². The predicted molar refractivity (Wildman–Crippen MR) is 135 cm³/mol. The van der Waals surface area contributed by atoms with Gasteiger partial charge in [-0.1, -0.05) is 78.9 Å². The number of amides is 1. The standard InChI is InChI=1S/C28H30N4O2/c1-31(2)25(23-16-10-11-17-26(23)34-3)18-29-28(33)24-20-32(19-21-12-6-4-7-13-21)30-27(24)22-14-8-5-9-15-22/h4-17,20,25H,18-19H2,1-3H3,(H,29,33)/t25-/m1/s1. The summed E-state index contributed by atoms with van der Waals surface area (Å²) in [6, 6.07) is 27.8. The normalized spacial score (nSPS) is 11.9. The topological polar surface area (TPSA) is 59.4 Å². The van der Waals surface area contributed by atoms with Crippen molar-refractivity contribution in [3.8, 4) is 17.0 Å². The Morgan fingerprint density at radius 1 is 0.971 bits per heavy atom. The van der Waals surface area contributed by atoms with E-state index in [4.69, 9.17) is 9.84 Å². The van der Waals surface area contributed by atoms with Crippen LogP contribution in [0.25, 0.3) is 11.3 Å².